The molecule has 6 heteroatoms. The Hall–Kier alpha value is -2.08. The van der Waals surface area contributed by atoms with Gasteiger partial charge in [-0.05, 0) is 69.5 Å². The molecule has 1 heterocycles. The Morgan fingerprint density at radius 2 is 1.72 bits per heavy atom. The molecule has 2 aliphatic rings. The lowest BCUT2D eigenvalue weighted by atomic mass is 9.91. The van der Waals surface area contributed by atoms with Gasteiger partial charge >= 0.3 is 12.1 Å². The van der Waals surface area contributed by atoms with Crippen LogP contribution in [0.3, 0.4) is 0 Å². The van der Waals surface area contributed by atoms with E-state index in [4.69, 9.17) is 4.74 Å². The molecule has 1 saturated heterocycles. The molecule has 0 bridgehead atoms. The van der Waals surface area contributed by atoms with Crippen molar-refractivity contribution in [3.05, 3.63) is 29.8 Å². The van der Waals surface area contributed by atoms with Crippen molar-refractivity contribution in [2.24, 2.45) is 0 Å². The number of benzene rings is 1. The van der Waals surface area contributed by atoms with Crippen molar-refractivity contribution in [1.29, 1.82) is 0 Å². The molecular weight excluding hydrogens is 320 g/mol. The van der Waals surface area contributed by atoms with Gasteiger partial charge in [0, 0.05) is 11.7 Å². The van der Waals surface area contributed by atoms with Crippen LogP contribution in [0.25, 0.3) is 0 Å². The zero-order chi connectivity index (χ0) is 17.6. The molecule has 0 spiro atoms. The third-order valence-electron chi connectivity index (χ3n) is 5.09. The number of rotatable bonds is 4. The highest BCUT2D eigenvalue weighted by molar-refractivity contribution is 5.91. The lowest BCUT2D eigenvalue weighted by molar-refractivity contribution is 0.0176. The van der Waals surface area contributed by atoms with Gasteiger partial charge in [0.25, 0.3) is 0 Å². The smallest absolute Gasteiger partial charge is 0.411 e. The van der Waals surface area contributed by atoms with E-state index >= 15 is 0 Å². The highest BCUT2D eigenvalue weighted by Gasteiger charge is 2.34. The average molecular weight is 346 g/mol. The van der Waals surface area contributed by atoms with Crippen molar-refractivity contribution in [2.45, 2.75) is 50.7 Å². The number of carbonyl (C=O) groups excluding carboxylic acids is 2. The van der Waals surface area contributed by atoms with Gasteiger partial charge in [-0.3, -0.25) is 10.2 Å². The predicted octanol–water partition coefficient (Wildman–Crippen LogP) is 3.43. The molecule has 6 nitrogen and oxygen atoms in total. The van der Waals surface area contributed by atoms with Crippen molar-refractivity contribution in [3.63, 3.8) is 0 Å². The van der Waals surface area contributed by atoms with E-state index in [9.17, 15) is 9.59 Å². The number of amides is 1. The van der Waals surface area contributed by atoms with Gasteiger partial charge in [0.2, 0.25) is 0 Å². The molecule has 2 atom stereocenters. The topological polar surface area (TPSA) is 67.9 Å². The number of methoxy groups -OCH3 is 1. The highest BCUT2D eigenvalue weighted by Crippen LogP contribution is 2.28. The summed E-state index contributed by atoms with van der Waals surface area (Å²) in [6.45, 7) is 2.22. The minimum Gasteiger partial charge on any atom is -0.465 e. The van der Waals surface area contributed by atoms with Gasteiger partial charge in [-0.2, -0.15) is 0 Å². The quantitative estimate of drug-likeness (QED) is 0.846. The standard InChI is InChI=1S/C19H26N2O4/c1-24-18(22)14-8-10-15(11-9-14)20-19(23)25-17-7-3-2-6-16(17)21-12-4-5-13-21/h8-11,16-17H,2-7,12-13H2,1H3,(H,20,23)/t16-,17-/m1/s1. The Bertz CT molecular complexity index is 596. The van der Waals surface area contributed by atoms with Crippen LogP contribution in [0.15, 0.2) is 24.3 Å². The summed E-state index contributed by atoms with van der Waals surface area (Å²) in [6.07, 6.45) is 6.35. The maximum absolute atomic E-state index is 12.3. The number of hydrogen-bond acceptors (Lipinski definition) is 5. The number of carbonyl (C=O) groups is 2. The summed E-state index contributed by atoms with van der Waals surface area (Å²) in [4.78, 5) is 26.2. The molecule has 1 aliphatic heterocycles. The summed E-state index contributed by atoms with van der Waals surface area (Å²) in [6, 6.07) is 6.94. The van der Waals surface area contributed by atoms with Crippen molar-refractivity contribution < 1.29 is 19.1 Å². The zero-order valence-corrected chi connectivity index (χ0v) is 14.7. The molecule has 1 amide bonds. The van der Waals surface area contributed by atoms with Crippen LogP contribution in [0.1, 0.15) is 48.9 Å². The zero-order valence-electron chi connectivity index (χ0n) is 14.7. The fourth-order valence-electron chi connectivity index (χ4n) is 3.80. The fraction of sp³-hybridized carbons (Fsp3) is 0.579. The molecule has 1 aromatic rings. The normalized spacial score (nSPS) is 23.9. The van der Waals surface area contributed by atoms with Crippen LogP contribution in [0, 0.1) is 0 Å². The number of likely N-dealkylation sites (tertiary alicyclic amines) is 1. The van der Waals surface area contributed by atoms with Crippen LogP contribution < -0.4 is 5.32 Å². The summed E-state index contributed by atoms with van der Waals surface area (Å²) in [5.74, 6) is -0.398. The van der Waals surface area contributed by atoms with Crippen molar-refractivity contribution in [2.75, 3.05) is 25.5 Å². The Labute approximate surface area is 148 Å². The SMILES string of the molecule is COC(=O)c1ccc(NC(=O)O[C@@H]2CCCC[C@H]2N2CCCC2)cc1. The second-order valence-corrected chi connectivity index (χ2v) is 6.73. The molecule has 1 aliphatic carbocycles. The van der Waals surface area contributed by atoms with E-state index < -0.39 is 12.1 Å². The maximum Gasteiger partial charge on any atom is 0.411 e. The molecule has 1 saturated carbocycles. The Balaban J connectivity index is 1.56. The predicted molar refractivity (Wildman–Crippen MR) is 94.7 cm³/mol. The van der Waals surface area contributed by atoms with Gasteiger partial charge in [-0.15, -0.1) is 0 Å². The van der Waals surface area contributed by atoms with Gasteiger partial charge in [0.05, 0.1) is 12.7 Å². The van der Waals surface area contributed by atoms with Gasteiger partial charge in [0.1, 0.15) is 6.10 Å². The van der Waals surface area contributed by atoms with E-state index in [1.165, 1.54) is 26.4 Å². The first kappa shape index (κ1) is 17.7. The third kappa shape index (κ3) is 4.51. The van der Waals surface area contributed by atoms with E-state index in [1.807, 2.05) is 0 Å². The fourth-order valence-corrected chi connectivity index (χ4v) is 3.80. The van der Waals surface area contributed by atoms with Crippen LogP contribution in [-0.4, -0.2) is 49.3 Å². The number of esters is 1. The molecule has 0 aromatic heterocycles. The van der Waals surface area contributed by atoms with E-state index in [2.05, 4.69) is 15.0 Å². The van der Waals surface area contributed by atoms with Gasteiger partial charge in [-0.1, -0.05) is 6.42 Å². The van der Waals surface area contributed by atoms with Crippen LogP contribution in [0.2, 0.25) is 0 Å². The molecule has 0 unspecified atom stereocenters. The molecule has 0 radical (unpaired) electrons. The first-order chi connectivity index (χ1) is 12.2. The lowest BCUT2D eigenvalue weighted by Crippen LogP contribution is -2.46. The monoisotopic (exact) mass is 346 g/mol. The van der Waals surface area contributed by atoms with Gasteiger partial charge < -0.3 is 9.47 Å². The molecule has 2 fully saturated rings. The van der Waals surface area contributed by atoms with E-state index in [-0.39, 0.29) is 6.10 Å². The molecule has 1 aromatic carbocycles. The summed E-state index contributed by atoms with van der Waals surface area (Å²) in [5.41, 5.74) is 1.05. The van der Waals surface area contributed by atoms with Crippen LogP contribution in [0.5, 0.6) is 0 Å². The third-order valence-corrected chi connectivity index (χ3v) is 5.09. The molecule has 136 valence electrons. The number of ether oxygens (including phenoxy) is 2. The van der Waals surface area contributed by atoms with Crippen LogP contribution in [0.4, 0.5) is 10.5 Å². The largest absolute Gasteiger partial charge is 0.465 e. The van der Waals surface area contributed by atoms with E-state index in [0.717, 1.165) is 32.4 Å². The average Bonchev–Trinajstić information content (AvgIpc) is 3.16. The summed E-state index contributed by atoms with van der Waals surface area (Å²) >= 11 is 0. The van der Waals surface area contributed by atoms with Crippen LogP contribution >= 0.6 is 0 Å². The summed E-state index contributed by atoms with van der Waals surface area (Å²) in [5, 5.41) is 2.75. The van der Waals surface area contributed by atoms with Crippen LogP contribution in [-0.2, 0) is 9.47 Å². The van der Waals surface area contributed by atoms with Crippen molar-refractivity contribution in [3.8, 4) is 0 Å². The molecule has 25 heavy (non-hydrogen) atoms. The highest BCUT2D eigenvalue weighted by atomic mass is 16.6. The van der Waals surface area contributed by atoms with Crippen molar-refractivity contribution in [1.82, 2.24) is 4.90 Å². The number of anilines is 1. The van der Waals surface area contributed by atoms with Gasteiger partial charge in [0.15, 0.2) is 0 Å². The summed E-state index contributed by atoms with van der Waals surface area (Å²) in [7, 11) is 1.34. The van der Waals surface area contributed by atoms with E-state index in [0.29, 0.717) is 17.3 Å². The summed E-state index contributed by atoms with van der Waals surface area (Å²) < 4.78 is 10.4. The Morgan fingerprint density at radius 3 is 2.40 bits per heavy atom. The second kappa shape index (κ2) is 8.34. The molecular formula is C19H26N2O4. The van der Waals surface area contributed by atoms with E-state index in [1.54, 1.807) is 24.3 Å². The maximum atomic E-state index is 12.3. The number of hydrogen-bond donors (Lipinski definition) is 1. The molecule has 1 N–H and O–H groups in total. The Morgan fingerprint density at radius 1 is 1.04 bits per heavy atom. The minimum absolute atomic E-state index is 0.0406. The lowest BCUT2D eigenvalue weighted by Gasteiger charge is -2.37. The molecule has 3 rings (SSSR count). The minimum atomic E-state index is -0.429. The number of nitrogens with zero attached hydrogens (tertiary/aromatic N) is 1. The van der Waals surface area contributed by atoms with Crippen molar-refractivity contribution >= 4 is 17.7 Å². The first-order valence-corrected chi connectivity index (χ1v) is 9.07. The number of nitrogens with one attached hydrogen (secondary N) is 1. The first-order valence-electron chi connectivity index (χ1n) is 9.07. The second-order valence-electron chi connectivity index (χ2n) is 6.73. The Kier molecular flexibility index (Phi) is 5.91. The van der Waals surface area contributed by atoms with Gasteiger partial charge in [-0.25, -0.2) is 9.59 Å².